The first-order chi connectivity index (χ1) is 15.5. The molecule has 1 unspecified atom stereocenters. The Hall–Kier alpha value is -3.52. The van der Waals surface area contributed by atoms with Gasteiger partial charge in [-0.05, 0) is 26.0 Å². The number of aromatic nitrogens is 2. The van der Waals surface area contributed by atoms with Crippen molar-refractivity contribution in [2.45, 2.75) is 19.9 Å². The highest BCUT2D eigenvalue weighted by Crippen LogP contribution is 2.23. The van der Waals surface area contributed by atoms with Crippen molar-refractivity contribution >= 4 is 11.8 Å². The predicted octanol–water partition coefficient (Wildman–Crippen LogP) is 2.68. The number of carbonyl (C=O) groups excluding carboxylic acids is 2. The van der Waals surface area contributed by atoms with Gasteiger partial charge in [-0.3, -0.25) is 14.5 Å². The summed E-state index contributed by atoms with van der Waals surface area (Å²) in [6.45, 7) is 6.63. The maximum absolute atomic E-state index is 12.5. The quantitative estimate of drug-likeness (QED) is 0.643. The number of benzene rings is 2. The molecule has 0 spiro atoms. The lowest BCUT2D eigenvalue weighted by molar-refractivity contribution is -0.132. The molecule has 1 aromatic heterocycles. The number of aryl methyl sites for hydroxylation is 1. The average molecular weight is 434 g/mol. The van der Waals surface area contributed by atoms with E-state index in [0.29, 0.717) is 43.5 Å². The Labute approximate surface area is 187 Å². The molecule has 1 aliphatic heterocycles. The molecule has 2 aromatic carbocycles. The molecule has 0 radical (unpaired) electrons. The van der Waals surface area contributed by atoms with Gasteiger partial charge in [0.1, 0.15) is 0 Å². The van der Waals surface area contributed by atoms with E-state index in [1.54, 1.807) is 29.2 Å². The normalized spacial score (nSPS) is 15.4. The van der Waals surface area contributed by atoms with Crippen molar-refractivity contribution in [3.05, 3.63) is 71.6 Å². The third-order valence-corrected chi connectivity index (χ3v) is 5.76. The van der Waals surface area contributed by atoms with Gasteiger partial charge in [0.2, 0.25) is 17.6 Å². The Morgan fingerprint density at radius 2 is 1.72 bits per heavy atom. The van der Waals surface area contributed by atoms with E-state index < -0.39 is 0 Å². The topological polar surface area (TPSA) is 91.6 Å². The molecule has 0 saturated carbocycles. The van der Waals surface area contributed by atoms with Crippen molar-refractivity contribution in [2.24, 2.45) is 0 Å². The lowest BCUT2D eigenvalue weighted by Gasteiger charge is -2.36. The summed E-state index contributed by atoms with van der Waals surface area (Å²) < 4.78 is 5.51. The molecule has 0 bridgehead atoms. The predicted molar refractivity (Wildman–Crippen MR) is 120 cm³/mol. The van der Waals surface area contributed by atoms with E-state index in [2.05, 4.69) is 20.4 Å². The van der Waals surface area contributed by atoms with Crippen LogP contribution in [0, 0.1) is 6.92 Å². The van der Waals surface area contributed by atoms with Gasteiger partial charge in [-0.1, -0.05) is 53.2 Å². The largest absolute Gasteiger partial charge is 0.343 e. The summed E-state index contributed by atoms with van der Waals surface area (Å²) in [5, 5.41) is 6.82. The van der Waals surface area contributed by atoms with Gasteiger partial charge in [-0.15, -0.1) is 0 Å². The van der Waals surface area contributed by atoms with Crippen LogP contribution in [0.5, 0.6) is 0 Å². The standard InChI is InChI=1S/C24H27N5O3/c1-17-8-10-19(11-9-17)22-26-24(32-27-22)18(2)28-12-14-29(15-13-28)21(30)16-25-23(31)20-6-4-3-5-7-20/h3-11,18H,12-16H2,1-2H3,(H,25,31). The summed E-state index contributed by atoms with van der Waals surface area (Å²) in [4.78, 5) is 33.2. The number of hydrogen-bond donors (Lipinski definition) is 1. The summed E-state index contributed by atoms with van der Waals surface area (Å²) >= 11 is 0. The molecular weight excluding hydrogens is 406 g/mol. The van der Waals surface area contributed by atoms with Gasteiger partial charge >= 0.3 is 0 Å². The Bertz CT molecular complexity index is 1060. The van der Waals surface area contributed by atoms with E-state index in [1.165, 1.54) is 5.56 Å². The number of piperazine rings is 1. The summed E-state index contributed by atoms with van der Waals surface area (Å²) in [5.41, 5.74) is 2.65. The molecule has 2 amide bonds. The Morgan fingerprint density at radius 3 is 2.41 bits per heavy atom. The molecule has 8 nitrogen and oxygen atoms in total. The molecule has 1 aliphatic rings. The Kier molecular flexibility index (Phi) is 6.61. The zero-order chi connectivity index (χ0) is 22.5. The lowest BCUT2D eigenvalue weighted by atomic mass is 10.1. The minimum absolute atomic E-state index is 0.00709. The van der Waals surface area contributed by atoms with Crippen molar-refractivity contribution < 1.29 is 14.1 Å². The van der Waals surface area contributed by atoms with E-state index in [-0.39, 0.29) is 24.4 Å². The molecule has 1 atom stereocenters. The first kappa shape index (κ1) is 21.7. The molecular formula is C24H27N5O3. The molecule has 166 valence electrons. The van der Waals surface area contributed by atoms with Crippen LogP contribution in [-0.2, 0) is 4.79 Å². The number of rotatable bonds is 6. The number of nitrogens with zero attached hydrogens (tertiary/aromatic N) is 4. The maximum atomic E-state index is 12.5. The van der Waals surface area contributed by atoms with Crippen LogP contribution in [0.1, 0.15) is 34.8 Å². The maximum Gasteiger partial charge on any atom is 0.251 e. The van der Waals surface area contributed by atoms with Gasteiger partial charge in [0.15, 0.2) is 0 Å². The second-order valence-electron chi connectivity index (χ2n) is 7.96. The molecule has 32 heavy (non-hydrogen) atoms. The van der Waals surface area contributed by atoms with Crippen LogP contribution in [0.25, 0.3) is 11.4 Å². The van der Waals surface area contributed by atoms with Crippen LogP contribution in [-0.4, -0.2) is 64.5 Å². The number of hydrogen-bond acceptors (Lipinski definition) is 6. The second-order valence-corrected chi connectivity index (χ2v) is 7.96. The van der Waals surface area contributed by atoms with E-state index in [1.807, 2.05) is 44.2 Å². The van der Waals surface area contributed by atoms with Gasteiger partial charge < -0.3 is 14.7 Å². The second kappa shape index (κ2) is 9.74. The minimum Gasteiger partial charge on any atom is -0.343 e. The highest BCUT2D eigenvalue weighted by molar-refractivity contribution is 5.96. The van der Waals surface area contributed by atoms with Crippen LogP contribution >= 0.6 is 0 Å². The number of amides is 2. The van der Waals surface area contributed by atoms with Gasteiger partial charge in [-0.2, -0.15) is 4.98 Å². The molecule has 1 fully saturated rings. The van der Waals surface area contributed by atoms with Crippen LogP contribution in [0.2, 0.25) is 0 Å². The molecule has 0 aliphatic carbocycles. The first-order valence-corrected chi connectivity index (χ1v) is 10.8. The van der Waals surface area contributed by atoms with Crippen molar-refractivity contribution in [3.8, 4) is 11.4 Å². The highest BCUT2D eigenvalue weighted by atomic mass is 16.5. The van der Waals surface area contributed by atoms with E-state index in [9.17, 15) is 9.59 Å². The van der Waals surface area contributed by atoms with E-state index in [0.717, 1.165) is 5.56 Å². The average Bonchev–Trinajstić information content (AvgIpc) is 3.33. The summed E-state index contributed by atoms with van der Waals surface area (Å²) in [6, 6.07) is 16.8. The Balaban J connectivity index is 1.27. The molecule has 1 N–H and O–H groups in total. The van der Waals surface area contributed by atoms with Crippen LogP contribution in [0.3, 0.4) is 0 Å². The lowest BCUT2D eigenvalue weighted by Crippen LogP contribution is -2.51. The Morgan fingerprint density at radius 1 is 1.03 bits per heavy atom. The monoisotopic (exact) mass is 433 g/mol. The molecule has 4 rings (SSSR count). The highest BCUT2D eigenvalue weighted by Gasteiger charge is 2.28. The first-order valence-electron chi connectivity index (χ1n) is 10.8. The molecule has 8 heteroatoms. The fourth-order valence-electron chi connectivity index (χ4n) is 3.70. The third kappa shape index (κ3) is 5.03. The van der Waals surface area contributed by atoms with Gasteiger partial charge in [-0.25, -0.2) is 0 Å². The number of carbonyl (C=O) groups is 2. The fraction of sp³-hybridized carbons (Fsp3) is 0.333. The summed E-state index contributed by atoms with van der Waals surface area (Å²) in [6.07, 6.45) is 0. The van der Waals surface area contributed by atoms with E-state index >= 15 is 0 Å². The van der Waals surface area contributed by atoms with Crippen molar-refractivity contribution in [3.63, 3.8) is 0 Å². The van der Waals surface area contributed by atoms with Crippen molar-refractivity contribution in [2.75, 3.05) is 32.7 Å². The zero-order valence-corrected chi connectivity index (χ0v) is 18.3. The van der Waals surface area contributed by atoms with Gasteiger partial charge in [0.05, 0.1) is 12.6 Å². The van der Waals surface area contributed by atoms with E-state index in [4.69, 9.17) is 4.52 Å². The molecule has 2 heterocycles. The summed E-state index contributed by atoms with van der Waals surface area (Å²) in [7, 11) is 0. The van der Waals surface area contributed by atoms with Gasteiger partial charge in [0, 0.05) is 37.3 Å². The van der Waals surface area contributed by atoms with Gasteiger partial charge in [0.25, 0.3) is 5.91 Å². The van der Waals surface area contributed by atoms with Crippen LogP contribution in [0.15, 0.2) is 59.1 Å². The third-order valence-electron chi connectivity index (χ3n) is 5.76. The van der Waals surface area contributed by atoms with Crippen LogP contribution in [0.4, 0.5) is 0 Å². The van der Waals surface area contributed by atoms with Crippen molar-refractivity contribution in [1.82, 2.24) is 25.3 Å². The van der Waals surface area contributed by atoms with Crippen LogP contribution < -0.4 is 5.32 Å². The smallest absolute Gasteiger partial charge is 0.251 e. The number of nitrogens with one attached hydrogen (secondary N) is 1. The summed E-state index contributed by atoms with van der Waals surface area (Å²) in [5.74, 6) is 0.818. The fourth-order valence-corrected chi connectivity index (χ4v) is 3.70. The van der Waals surface area contributed by atoms with Crippen molar-refractivity contribution in [1.29, 1.82) is 0 Å². The molecule has 1 saturated heterocycles. The molecule has 3 aromatic rings. The zero-order valence-electron chi connectivity index (χ0n) is 18.3. The minimum atomic E-state index is -0.244. The SMILES string of the molecule is Cc1ccc(-c2noc(C(C)N3CCN(C(=O)CNC(=O)c4ccccc4)CC3)n2)cc1.